The average molecular weight is 272 g/mol. The van der Waals surface area contributed by atoms with Crippen LogP contribution in [0.25, 0.3) is 0 Å². The Bertz CT molecular complexity index is 573. The molecular weight excluding hydrogens is 252 g/mol. The molecule has 20 heavy (non-hydrogen) atoms. The third-order valence-electron chi connectivity index (χ3n) is 3.94. The maximum atomic E-state index is 5.56. The van der Waals surface area contributed by atoms with E-state index in [-0.39, 0.29) is 0 Å². The van der Waals surface area contributed by atoms with Crippen molar-refractivity contribution in [1.82, 2.24) is 10.1 Å². The van der Waals surface area contributed by atoms with Crippen molar-refractivity contribution in [3.05, 3.63) is 47.1 Å². The first kappa shape index (κ1) is 13.3. The lowest BCUT2D eigenvalue weighted by Gasteiger charge is -2.32. The molecule has 1 fully saturated rings. The number of hydrogen-bond donors (Lipinski definition) is 0. The minimum atomic E-state index is 0.372. The van der Waals surface area contributed by atoms with Crippen LogP contribution >= 0.6 is 0 Å². The maximum absolute atomic E-state index is 5.56. The summed E-state index contributed by atoms with van der Waals surface area (Å²) < 4.78 is 10.9. The van der Waals surface area contributed by atoms with Crippen LogP contribution in [0.15, 0.2) is 28.8 Å². The van der Waals surface area contributed by atoms with Crippen molar-refractivity contribution in [3.8, 4) is 0 Å². The van der Waals surface area contributed by atoms with Gasteiger partial charge in [0.1, 0.15) is 0 Å². The highest BCUT2D eigenvalue weighted by Crippen LogP contribution is 2.37. The third-order valence-corrected chi connectivity index (χ3v) is 3.94. The predicted molar refractivity (Wildman–Crippen MR) is 75.7 cm³/mol. The summed E-state index contributed by atoms with van der Waals surface area (Å²) in [6.45, 7) is 4.91. The molecule has 0 saturated heterocycles. The Morgan fingerprint density at radius 3 is 2.85 bits per heavy atom. The topological polar surface area (TPSA) is 48.2 Å². The first-order chi connectivity index (χ1) is 9.76. The quantitative estimate of drug-likeness (QED) is 0.838. The Balaban J connectivity index is 1.62. The normalized spacial score (nSPS) is 21.7. The fourth-order valence-corrected chi connectivity index (χ4v) is 2.62. The highest BCUT2D eigenvalue weighted by molar-refractivity contribution is 5.28. The Hall–Kier alpha value is -1.68. The summed E-state index contributed by atoms with van der Waals surface area (Å²) in [4.78, 5) is 4.53. The van der Waals surface area contributed by atoms with Crippen molar-refractivity contribution in [3.63, 3.8) is 0 Å². The zero-order valence-electron chi connectivity index (χ0n) is 12.0. The van der Waals surface area contributed by atoms with Gasteiger partial charge in [0.2, 0.25) is 5.89 Å². The predicted octanol–water partition coefficient (Wildman–Crippen LogP) is 3.25. The molecule has 4 heteroatoms. The van der Waals surface area contributed by atoms with Gasteiger partial charge in [-0.1, -0.05) is 29.4 Å². The lowest BCUT2D eigenvalue weighted by Crippen LogP contribution is -2.29. The second kappa shape index (κ2) is 5.75. The molecule has 1 aliphatic carbocycles. The van der Waals surface area contributed by atoms with Crippen LogP contribution in [0.2, 0.25) is 0 Å². The fourth-order valence-electron chi connectivity index (χ4n) is 2.62. The van der Waals surface area contributed by atoms with E-state index in [4.69, 9.17) is 9.26 Å². The summed E-state index contributed by atoms with van der Waals surface area (Å²) in [7, 11) is 0. The molecule has 1 heterocycles. The van der Waals surface area contributed by atoms with Gasteiger partial charge in [0.05, 0.1) is 6.10 Å². The molecular formula is C16H20N2O2. The molecule has 106 valence electrons. The SMILES string of the molecule is CCOC1CC(c2nc(Cc3ccccc3C)no2)C1. The van der Waals surface area contributed by atoms with Crippen molar-refractivity contribution >= 4 is 0 Å². The summed E-state index contributed by atoms with van der Waals surface area (Å²) >= 11 is 0. The molecule has 4 nitrogen and oxygen atoms in total. The second-order valence-corrected chi connectivity index (χ2v) is 5.40. The van der Waals surface area contributed by atoms with E-state index in [9.17, 15) is 0 Å². The van der Waals surface area contributed by atoms with Crippen molar-refractivity contribution in [2.24, 2.45) is 0 Å². The van der Waals surface area contributed by atoms with Crippen LogP contribution in [0.4, 0.5) is 0 Å². The highest BCUT2D eigenvalue weighted by atomic mass is 16.5. The first-order valence-corrected chi connectivity index (χ1v) is 7.25. The van der Waals surface area contributed by atoms with Gasteiger partial charge in [0.15, 0.2) is 5.82 Å². The van der Waals surface area contributed by atoms with E-state index < -0.39 is 0 Å². The van der Waals surface area contributed by atoms with Gasteiger partial charge in [-0.25, -0.2) is 0 Å². The first-order valence-electron chi connectivity index (χ1n) is 7.25. The van der Waals surface area contributed by atoms with E-state index in [1.54, 1.807) is 0 Å². The van der Waals surface area contributed by atoms with E-state index in [0.29, 0.717) is 12.0 Å². The lowest BCUT2D eigenvalue weighted by molar-refractivity contribution is -0.00961. The van der Waals surface area contributed by atoms with Gasteiger partial charge in [0, 0.05) is 18.9 Å². The zero-order chi connectivity index (χ0) is 13.9. The fraction of sp³-hybridized carbons (Fsp3) is 0.500. The summed E-state index contributed by atoms with van der Waals surface area (Å²) in [5, 5.41) is 4.10. The van der Waals surface area contributed by atoms with Gasteiger partial charge in [-0.3, -0.25) is 0 Å². The smallest absolute Gasteiger partial charge is 0.229 e. The Labute approximate surface area is 119 Å². The van der Waals surface area contributed by atoms with Gasteiger partial charge in [0.25, 0.3) is 0 Å². The Morgan fingerprint density at radius 2 is 2.10 bits per heavy atom. The van der Waals surface area contributed by atoms with Crippen molar-refractivity contribution in [1.29, 1.82) is 0 Å². The zero-order valence-corrected chi connectivity index (χ0v) is 12.0. The molecule has 3 rings (SSSR count). The molecule has 2 aromatic rings. The number of aromatic nitrogens is 2. The maximum Gasteiger partial charge on any atom is 0.229 e. The summed E-state index contributed by atoms with van der Waals surface area (Å²) in [5.74, 6) is 1.92. The van der Waals surface area contributed by atoms with Crippen LogP contribution in [-0.2, 0) is 11.2 Å². The molecule has 1 saturated carbocycles. The number of aryl methyl sites for hydroxylation is 1. The van der Waals surface area contributed by atoms with Gasteiger partial charge in [-0.15, -0.1) is 0 Å². The number of ether oxygens (including phenoxy) is 1. The number of rotatable bonds is 5. The number of hydrogen-bond acceptors (Lipinski definition) is 4. The minimum Gasteiger partial charge on any atom is -0.378 e. The minimum absolute atomic E-state index is 0.372. The molecule has 0 unspecified atom stereocenters. The molecule has 0 amide bonds. The largest absolute Gasteiger partial charge is 0.378 e. The Morgan fingerprint density at radius 1 is 1.30 bits per heavy atom. The number of nitrogens with zero attached hydrogens (tertiary/aromatic N) is 2. The number of benzene rings is 1. The van der Waals surface area contributed by atoms with Gasteiger partial charge in [-0.2, -0.15) is 4.98 Å². The summed E-state index contributed by atoms with van der Waals surface area (Å²) in [6, 6.07) is 8.30. The molecule has 0 bridgehead atoms. The average Bonchev–Trinajstić information content (AvgIpc) is 2.84. The van der Waals surface area contributed by atoms with Crippen molar-refractivity contribution in [2.75, 3.05) is 6.61 Å². The Kier molecular flexibility index (Phi) is 3.83. The molecule has 0 aliphatic heterocycles. The summed E-state index contributed by atoms with van der Waals surface area (Å²) in [6.07, 6.45) is 3.11. The van der Waals surface area contributed by atoms with Gasteiger partial charge in [-0.05, 0) is 37.8 Å². The van der Waals surface area contributed by atoms with Crippen molar-refractivity contribution in [2.45, 2.75) is 45.1 Å². The molecule has 1 aromatic carbocycles. The van der Waals surface area contributed by atoms with E-state index >= 15 is 0 Å². The third kappa shape index (κ3) is 2.75. The van der Waals surface area contributed by atoms with Gasteiger partial charge >= 0.3 is 0 Å². The van der Waals surface area contributed by atoms with E-state index in [1.807, 2.05) is 19.1 Å². The second-order valence-electron chi connectivity index (χ2n) is 5.40. The van der Waals surface area contributed by atoms with Crippen LogP contribution in [0.1, 0.15) is 48.5 Å². The standard InChI is InChI=1S/C16H20N2O2/c1-3-19-14-8-13(9-14)16-17-15(18-20-16)10-12-7-5-4-6-11(12)2/h4-7,13-14H,3,8-10H2,1-2H3. The molecule has 1 aromatic heterocycles. The molecule has 1 aliphatic rings. The lowest BCUT2D eigenvalue weighted by atomic mass is 9.82. The van der Waals surface area contributed by atoms with Crippen LogP contribution in [0.5, 0.6) is 0 Å². The van der Waals surface area contributed by atoms with Crippen LogP contribution in [0.3, 0.4) is 0 Å². The van der Waals surface area contributed by atoms with Gasteiger partial charge < -0.3 is 9.26 Å². The van der Waals surface area contributed by atoms with Crippen LogP contribution in [0, 0.1) is 6.92 Å². The molecule has 0 radical (unpaired) electrons. The molecule has 0 spiro atoms. The monoisotopic (exact) mass is 272 g/mol. The van der Waals surface area contributed by atoms with Crippen molar-refractivity contribution < 1.29 is 9.26 Å². The van der Waals surface area contributed by atoms with Crippen LogP contribution < -0.4 is 0 Å². The van der Waals surface area contributed by atoms with Crippen LogP contribution in [-0.4, -0.2) is 22.9 Å². The molecule has 0 N–H and O–H groups in total. The van der Waals surface area contributed by atoms with E-state index in [0.717, 1.165) is 37.6 Å². The van der Waals surface area contributed by atoms with E-state index in [2.05, 4.69) is 29.2 Å². The summed E-state index contributed by atoms with van der Waals surface area (Å²) in [5.41, 5.74) is 2.51. The highest BCUT2D eigenvalue weighted by Gasteiger charge is 2.34. The molecule has 0 atom stereocenters. The van der Waals surface area contributed by atoms with E-state index in [1.165, 1.54) is 11.1 Å².